The number of rotatable bonds is 5. The van der Waals surface area contributed by atoms with E-state index in [-0.39, 0.29) is 23.3 Å². The number of aliphatic carboxylic acids is 1. The van der Waals surface area contributed by atoms with Crippen LogP contribution >= 0.6 is 11.8 Å². The molecule has 10 nitrogen and oxygen atoms in total. The highest BCUT2D eigenvalue weighted by Crippen LogP contribution is 2.22. The fourth-order valence-electron chi connectivity index (χ4n) is 1.21. The first-order valence-corrected chi connectivity index (χ1v) is 6.13. The third-order valence-electron chi connectivity index (χ3n) is 2.08. The van der Waals surface area contributed by atoms with Crippen LogP contribution in [0.15, 0.2) is 22.3 Å². The highest BCUT2D eigenvalue weighted by Gasteiger charge is 2.13. The van der Waals surface area contributed by atoms with Crippen molar-refractivity contribution < 1.29 is 14.7 Å². The Labute approximate surface area is 116 Å². The van der Waals surface area contributed by atoms with Crippen LogP contribution in [-0.4, -0.2) is 54.4 Å². The molecule has 0 atom stereocenters. The van der Waals surface area contributed by atoms with E-state index in [1.807, 2.05) is 0 Å². The zero-order valence-electron chi connectivity index (χ0n) is 10.2. The number of hydrogen-bond donors (Lipinski definition) is 2. The van der Waals surface area contributed by atoms with E-state index >= 15 is 0 Å². The van der Waals surface area contributed by atoms with Gasteiger partial charge in [0.2, 0.25) is 5.16 Å². The number of amides is 1. The van der Waals surface area contributed by atoms with Crippen molar-refractivity contribution in [1.29, 1.82) is 0 Å². The fraction of sp³-hybridized carbons (Fsp3) is 0.222. The molecule has 0 unspecified atom stereocenters. The fourth-order valence-corrected chi connectivity index (χ4v) is 1.90. The third kappa shape index (κ3) is 3.26. The van der Waals surface area contributed by atoms with Gasteiger partial charge in [-0.25, -0.2) is 4.68 Å². The number of carbonyl (C=O) groups is 2. The zero-order valence-corrected chi connectivity index (χ0v) is 11.0. The van der Waals surface area contributed by atoms with Crippen molar-refractivity contribution in [2.75, 3.05) is 7.05 Å². The van der Waals surface area contributed by atoms with E-state index < -0.39 is 5.97 Å². The minimum Gasteiger partial charge on any atom is -0.480 e. The van der Waals surface area contributed by atoms with Gasteiger partial charge in [-0.1, -0.05) is 0 Å². The van der Waals surface area contributed by atoms with Crippen molar-refractivity contribution in [3.05, 3.63) is 17.8 Å². The highest BCUT2D eigenvalue weighted by atomic mass is 32.2. The number of nitrogens with zero attached hydrogens (tertiary/aromatic N) is 6. The Hall–Kier alpha value is -2.56. The average molecular weight is 295 g/mol. The largest absolute Gasteiger partial charge is 0.480 e. The maximum absolute atomic E-state index is 11.3. The van der Waals surface area contributed by atoms with Crippen LogP contribution in [0.3, 0.4) is 0 Å². The lowest BCUT2D eigenvalue weighted by Crippen LogP contribution is -2.19. The molecule has 0 aromatic carbocycles. The molecule has 0 bridgehead atoms. The van der Waals surface area contributed by atoms with Crippen LogP contribution in [0.4, 0.5) is 0 Å². The van der Waals surface area contributed by atoms with Gasteiger partial charge in [0, 0.05) is 7.05 Å². The second kappa shape index (κ2) is 6.06. The van der Waals surface area contributed by atoms with Gasteiger partial charge in [0.05, 0.1) is 0 Å². The normalized spacial score (nSPS) is 10.2. The van der Waals surface area contributed by atoms with E-state index in [0.29, 0.717) is 5.03 Å². The molecule has 20 heavy (non-hydrogen) atoms. The lowest BCUT2D eigenvalue weighted by molar-refractivity contribution is -0.138. The van der Waals surface area contributed by atoms with Crippen LogP contribution in [0.25, 0.3) is 0 Å². The van der Waals surface area contributed by atoms with Crippen LogP contribution in [0.2, 0.25) is 0 Å². The molecule has 2 aromatic heterocycles. The monoisotopic (exact) mass is 295 g/mol. The van der Waals surface area contributed by atoms with Gasteiger partial charge in [0.1, 0.15) is 11.6 Å². The summed E-state index contributed by atoms with van der Waals surface area (Å²) in [5, 5.41) is 30.1. The second-order valence-electron chi connectivity index (χ2n) is 3.45. The van der Waals surface area contributed by atoms with E-state index in [1.165, 1.54) is 13.1 Å². The summed E-state index contributed by atoms with van der Waals surface area (Å²) in [5.74, 6) is -1.40. The van der Waals surface area contributed by atoms with Crippen LogP contribution in [-0.2, 0) is 11.3 Å². The topological polar surface area (TPSA) is 136 Å². The Morgan fingerprint density at radius 2 is 2.15 bits per heavy atom. The number of carboxylic acid groups (broad SMARTS) is 1. The number of tetrazole rings is 1. The molecule has 0 aliphatic carbocycles. The molecule has 2 aromatic rings. The molecule has 0 radical (unpaired) electrons. The molecule has 0 saturated carbocycles. The quantitative estimate of drug-likeness (QED) is 0.715. The SMILES string of the molecule is CNC(=O)c1ccc(Sc2nnnn2CC(=O)O)nn1. The van der Waals surface area contributed by atoms with E-state index in [2.05, 4.69) is 31.0 Å². The Bertz CT molecular complexity index is 627. The molecule has 2 N–H and O–H groups in total. The lowest BCUT2D eigenvalue weighted by Gasteiger charge is -2.01. The molecule has 0 saturated heterocycles. The average Bonchev–Trinajstić information content (AvgIpc) is 2.85. The van der Waals surface area contributed by atoms with E-state index in [9.17, 15) is 9.59 Å². The molecule has 0 spiro atoms. The summed E-state index contributed by atoms with van der Waals surface area (Å²) in [7, 11) is 1.49. The summed E-state index contributed by atoms with van der Waals surface area (Å²) in [6.45, 7) is -0.348. The standard InChI is InChI=1S/C9H9N7O3S/c1-10-8(19)5-2-3-6(12-11-5)20-9-13-14-15-16(9)4-7(17)18/h2-3H,4H2,1H3,(H,10,19)(H,17,18). The summed E-state index contributed by atoms with van der Waals surface area (Å²) in [6, 6.07) is 3.07. The molecule has 1 amide bonds. The maximum atomic E-state index is 11.3. The lowest BCUT2D eigenvalue weighted by atomic mass is 10.4. The van der Waals surface area contributed by atoms with Gasteiger partial charge in [-0.3, -0.25) is 9.59 Å². The first-order chi connectivity index (χ1) is 9.60. The molecule has 0 aliphatic heterocycles. The van der Waals surface area contributed by atoms with Crippen molar-refractivity contribution >= 4 is 23.6 Å². The Morgan fingerprint density at radius 3 is 2.75 bits per heavy atom. The Balaban J connectivity index is 2.12. The Morgan fingerprint density at radius 1 is 1.35 bits per heavy atom. The predicted molar refractivity (Wildman–Crippen MR) is 65.0 cm³/mol. The smallest absolute Gasteiger partial charge is 0.325 e. The minimum atomic E-state index is -1.06. The number of aromatic nitrogens is 6. The number of carbonyl (C=O) groups excluding carboxylic acids is 1. The van der Waals surface area contributed by atoms with E-state index in [0.717, 1.165) is 16.4 Å². The summed E-state index contributed by atoms with van der Waals surface area (Å²) in [6.07, 6.45) is 0. The first-order valence-electron chi connectivity index (χ1n) is 5.31. The Kier molecular flexibility index (Phi) is 4.20. The number of hydrogen-bond acceptors (Lipinski definition) is 8. The number of nitrogens with one attached hydrogen (secondary N) is 1. The summed E-state index contributed by atoms with van der Waals surface area (Å²) >= 11 is 1.05. The molecule has 2 heterocycles. The molecule has 0 fully saturated rings. The van der Waals surface area contributed by atoms with E-state index in [4.69, 9.17) is 5.11 Å². The van der Waals surface area contributed by atoms with Crippen molar-refractivity contribution in [2.45, 2.75) is 16.7 Å². The van der Waals surface area contributed by atoms with E-state index in [1.54, 1.807) is 6.07 Å². The van der Waals surface area contributed by atoms with Gasteiger partial charge < -0.3 is 10.4 Å². The van der Waals surface area contributed by atoms with Gasteiger partial charge in [-0.05, 0) is 34.3 Å². The van der Waals surface area contributed by atoms with Gasteiger partial charge in [0.25, 0.3) is 5.91 Å². The minimum absolute atomic E-state index is 0.182. The first kappa shape index (κ1) is 13.9. The zero-order chi connectivity index (χ0) is 14.5. The van der Waals surface area contributed by atoms with Crippen LogP contribution in [0.5, 0.6) is 0 Å². The van der Waals surface area contributed by atoms with Crippen molar-refractivity contribution in [3.8, 4) is 0 Å². The van der Waals surface area contributed by atoms with Gasteiger partial charge in [0.15, 0.2) is 5.69 Å². The number of carboxylic acids is 1. The third-order valence-corrected chi connectivity index (χ3v) is 2.98. The molecule has 0 aliphatic rings. The van der Waals surface area contributed by atoms with Gasteiger partial charge >= 0.3 is 5.97 Å². The van der Waals surface area contributed by atoms with Crippen LogP contribution in [0, 0.1) is 0 Å². The van der Waals surface area contributed by atoms with Crippen molar-refractivity contribution in [3.63, 3.8) is 0 Å². The predicted octanol–water partition coefficient (Wildman–Crippen LogP) is -0.941. The second-order valence-corrected chi connectivity index (χ2v) is 4.44. The summed E-state index contributed by atoms with van der Waals surface area (Å²) in [5.41, 5.74) is 0.182. The summed E-state index contributed by atoms with van der Waals surface area (Å²) < 4.78 is 1.13. The molecule has 2 rings (SSSR count). The maximum Gasteiger partial charge on any atom is 0.325 e. The van der Waals surface area contributed by atoms with Gasteiger partial charge in [-0.2, -0.15) is 0 Å². The summed E-state index contributed by atoms with van der Waals surface area (Å²) in [4.78, 5) is 21.9. The van der Waals surface area contributed by atoms with Crippen LogP contribution < -0.4 is 5.32 Å². The van der Waals surface area contributed by atoms with Crippen LogP contribution in [0.1, 0.15) is 10.5 Å². The molecule has 11 heteroatoms. The highest BCUT2D eigenvalue weighted by molar-refractivity contribution is 7.99. The van der Waals surface area contributed by atoms with Crippen molar-refractivity contribution in [2.24, 2.45) is 0 Å². The van der Waals surface area contributed by atoms with Crippen molar-refractivity contribution in [1.82, 2.24) is 35.7 Å². The molecular formula is C9H9N7O3S. The van der Waals surface area contributed by atoms with Gasteiger partial charge in [-0.15, -0.1) is 15.3 Å². The molecular weight excluding hydrogens is 286 g/mol. The molecule has 104 valence electrons.